The summed E-state index contributed by atoms with van der Waals surface area (Å²) in [6.45, 7) is 4.18. The number of likely N-dealkylation sites (tertiary alicyclic amines) is 1. The number of methoxy groups -OCH3 is 1. The molecular weight excluding hydrogens is 202 g/mol. The highest BCUT2D eigenvalue weighted by Gasteiger charge is 2.20. The van der Waals surface area contributed by atoms with Gasteiger partial charge in [0.2, 0.25) is 0 Å². The Morgan fingerprint density at radius 1 is 1.44 bits per heavy atom. The summed E-state index contributed by atoms with van der Waals surface area (Å²) < 4.78 is 5.09. The van der Waals surface area contributed by atoms with Crippen molar-refractivity contribution < 1.29 is 4.74 Å². The summed E-state index contributed by atoms with van der Waals surface area (Å²) in [7, 11) is 1.76. The Morgan fingerprint density at radius 3 is 2.88 bits per heavy atom. The van der Waals surface area contributed by atoms with Crippen molar-refractivity contribution in [1.82, 2.24) is 14.9 Å². The van der Waals surface area contributed by atoms with Gasteiger partial charge in [-0.2, -0.15) is 0 Å². The molecule has 1 aromatic rings. The highest BCUT2D eigenvalue weighted by molar-refractivity contribution is 5.06. The number of rotatable bonds is 4. The summed E-state index contributed by atoms with van der Waals surface area (Å²) in [6.07, 6.45) is 5.87. The first-order valence-electron chi connectivity index (χ1n) is 5.87. The van der Waals surface area contributed by atoms with Crippen LogP contribution in [0.25, 0.3) is 0 Å². The standard InChI is InChI=1S/C12H19N3O/c1-16-9-8-15-6-3-11(4-7-15)12-2-5-13-10-14-12/h2,5,10-11H,3-4,6-9H2,1H3. The molecule has 0 bridgehead atoms. The van der Waals surface area contributed by atoms with Crippen LogP contribution in [-0.2, 0) is 4.74 Å². The van der Waals surface area contributed by atoms with Crippen molar-refractivity contribution in [3.05, 3.63) is 24.3 Å². The van der Waals surface area contributed by atoms with Gasteiger partial charge in [-0.1, -0.05) is 0 Å². The van der Waals surface area contributed by atoms with Gasteiger partial charge in [0.1, 0.15) is 6.33 Å². The van der Waals surface area contributed by atoms with E-state index in [1.54, 1.807) is 13.4 Å². The van der Waals surface area contributed by atoms with Gasteiger partial charge in [-0.25, -0.2) is 9.97 Å². The van der Waals surface area contributed by atoms with Crippen LogP contribution >= 0.6 is 0 Å². The van der Waals surface area contributed by atoms with E-state index in [-0.39, 0.29) is 0 Å². The molecule has 0 radical (unpaired) electrons. The van der Waals surface area contributed by atoms with Crippen molar-refractivity contribution in [1.29, 1.82) is 0 Å². The Hall–Kier alpha value is -1.00. The Kier molecular flexibility index (Phi) is 4.25. The van der Waals surface area contributed by atoms with Gasteiger partial charge in [0, 0.05) is 31.5 Å². The third-order valence-electron chi connectivity index (χ3n) is 3.22. The van der Waals surface area contributed by atoms with E-state index in [0.717, 1.165) is 26.2 Å². The zero-order valence-corrected chi connectivity index (χ0v) is 9.80. The molecule has 0 aliphatic carbocycles. The molecule has 0 aromatic carbocycles. The molecule has 0 spiro atoms. The second-order valence-corrected chi connectivity index (χ2v) is 4.24. The van der Waals surface area contributed by atoms with Crippen molar-refractivity contribution in [3.63, 3.8) is 0 Å². The van der Waals surface area contributed by atoms with Gasteiger partial charge >= 0.3 is 0 Å². The van der Waals surface area contributed by atoms with Crippen LogP contribution in [0.3, 0.4) is 0 Å². The van der Waals surface area contributed by atoms with Crippen LogP contribution in [0.5, 0.6) is 0 Å². The SMILES string of the molecule is COCCN1CCC(c2ccncn2)CC1. The lowest BCUT2D eigenvalue weighted by atomic mass is 9.93. The summed E-state index contributed by atoms with van der Waals surface area (Å²) in [6, 6.07) is 2.04. The maximum atomic E-state index is 5.09. The minimum Gasteiger partial charge on any atom is -0.383 e. The van der Waals surface area contributed by atoms with Crippen LogP contribution < -0.4 is 0 Å². The van der Waals surface area contributed by atoms with Crippen molar-refractivity contribution in [2.24, 2.45) is 0 Å². The Bertz CT molecular complexity index is 296. The molecule has 1 aromatic heterocycles. The fraction of sp³-hybridized carbons (Fsp3) is 0.667. The van der Waals surface area contributed by atoms with Crippen molar-refractivity contribution in [2.45, 2.75) is 18.8 Å². The first-order valence-corrected chi connectivity index (χ1v) is 5.87. The summed E-state index contributed by atoms with van der Waals surface area (Å²) >= 11 is 0. The van der Waals surface area contributed by atoms with E-state index in [1.165, 1.54) is 18.5 Å². The minimum atomic E-state index is 0.613. The summed E-state index contributed by atoms with van der Waals surface area (Å²) in [5.41, 5.74) is 1.20. The maximum absolute atomic E-state index is 5.09. The highest BCUT2D eigenvalue weighted by atomic mass is 16.5. The fourth-order valence-electron chi connectivity index (χ4n) is 2.22. The third kappa shape index (κ3) is 3.00. The minimum absolute atomic E-state index is 0.613. The average Bonchev–Trinajstić information content (AvgIpc) is 2.38. The molecule has 0 atom stereocenters. The van der Waals surface area contributed by atoms with Crippen LogP contribution in [0.2, 0.25) is 0 Å². The second-order valence-electron chi connectivity index (χ2n) is 4.24. The molecule has 16 heavy (non-hydrogen) atoms. The molecule has 0 saturated carbocycles. The molecule has 4 nitrogen and oxygen atoms in total. The summed E-state index contributed by atoms with van der Waals surface area (Å²) in [5, 5.41) is 0. The van der Waals surface area contributed by atoms with Crippen molar-refractivity contribution in [3.8, 4) is 0 Å². The number of hydrogen-bond donors (Lipinski definition) is 0. The predicted octanol–water partition coefficient (Wildman–Crippen LogP) is 1.30. The Balaban J connectivity index is 1.81. The number of hydrogen-bond acceptors (Lipinski definition) is 4. The third-order valence-corrected chi connectivity index (χ3v) is 3.22. The number of aromatic nitrogens is 2. The number of ether oxygens (including phenoxy) is 1. The quantitative estimate of drug-likeness (QED) is 0.768. The van der Waals surface area contributed by atoms with Crippen LogP contribution in [-0.4, -0.2) is 48.2 Å². The normalized spacial score (nSPS) is 18.8. The molecule has 4 heteroatoms. The van der Waals surface area contributed by atoms with Gasteiger partial charge in [-0.15, -0.1) is 0 Å². The van der Waals surface area contributed by atoms with E-state index in [2.05, 4.69) is 14.9 Å². The maximum Gasteiger partial charge on any atom is 0.115 e. The van der Waals surface area contributed by atoms with Gasteiger partial charge in [0.15, 0.2) is 0 Å². The van der Waals surface area contributed by atoms with E-state index in [1.807, 2.05) is 12.3 Å². The largest absolute Gasteiger partial charge is 0.383 e. The Labute approximate surface area is 96.7 Å². The molecule has 1 aliphatic rings. The molecule has 1 aliphatic heterocycles. The highest BCUT2D eigenvalue weighted by Crippen LogP contribution is 2.25. The molecule has 88 valence electrons. The second kappa shape index (κ2) is 5.92. The van der Waals surface area contributed by atoms with Crippen molar-refractivity contribution >= 4 is 0 Å². The van der Waals surface area contributed by atoms with E-state index in [4.69, 9.17) is 4.74 Å². The first kappa shape index (κ1) is 11.5. The van der Waals surface area contributed by atoms with E-state index >= 15 is 0 Å². The zero-order valence-electron chi connectivity index (χ0n) is 9.80. The molecular formula is C12H19N3O. The first-order chi connectivity index (χ1) is 7.90. The van der Waals surface area contributed by atoms with Gasteiger partial charge in [0.25, 0.3) is 0 Å². The Morgan fingerprint density at radius 2 is 2.25 bits per heavy atom. The fourth-order valence-corrected chi connectivity index (χ4v) is 2.22. The molecule has 0 amide bonds. The average molecular weight is 221 g/mol. The lowest BCUT2D eigenvalue weighted by Crippen LogP contribution is -2.35. The van der Waals surface area contributed by atoms with Crippen molar-refractivity contribution in [2.75, 3.05) is 33.4 Å². The molecule has 1 fully saturated rings. The van der Waals surface area contributed by atoms with Crippen LogP contribution in [0.4, 0.5) is 0 Å². The number of piperidine rings is 1. The molecule has 1 saturated heterocycles. The van der Waals surface area contributed by atoms with Gasteiger partial charge in [-0.3, -0.25) is 0 Å². The monoisotopic (exact) mass is 221 g/mol. The topological polar surface area (TPSA) is 38.2 Å². The van der Waals surface area contributed by atoms with Gasteiger partial charge in [-0.05, 0) is 32.0 Å². The molecule has 0 N–H and O–H groups in total. The number of nitrogens with zero attached hydrogens (tertiary/aromatic N) is 3. The van der Waals surface area contributed by atoms with Gasteiger partial charge < -0.3 is 9.64 Å². The van der Waals surface area contributed by atoms with E-state index < -0.39 is 0 Å². The predicted molar refractivity (Wildman–Crippen MR) is 62.3 cm³/mol. The van der Waals surface area contributed by atoms with Gasteiger partial charge in [0.05, 0.1) is 6.61 Å². The molecule has 2 heterocycles. The summed E-state index contributed by atoms with van der Waals surface area (Å²) in [5.74, 6) is 0.613. The van der Waals surface area contributed by atoms with E-state index in [0.29, 0.717) is 5.92 Å². The molecule has 2 rings (SSSR count). The lowest BCUT2D eigenvalue weighted by Gasteiger charge is -2.31. The zero-order chi connectivity index (χ0) is 11.2. The summed E-state index contributed by atoms with van der Waals surface area (Å²) in [4.78, 5) is 10.8. The van der Waals surface area contributed by atoms with Crippen LogP contribution in [0.15, 0.2) is 18.6 Å². The van der Waals surface area contributed by atoms with Crippen LogP contribution in [0.1, 0.15) is 24.5 Å². The van der Waals surface area contributed by atoms with Crippen LogP contribution in [0, 0.1) is 0 Å². The smallest absolute Gasteiger partial charge is 0.115 e. The van der Waals surface area contributed by atoms with E-state index in [9.17, 15) is 0 Å². The lowest BCUT2D eigenvalue weighted by molar-refractivity contribution is 0.130. The molecule has 0 unspecified atom stereocenters.